The van der Waals surface area contributed by atoms with Gasteiger partial charge in [0.15, 0.2) is 0 Å². The Morgan fingerprint density at radius 1 is 1.20 bits per heavy atom. The second-order valence-corrected chi connectivity index (χ2v) is 10.9. The van der Waals surface area contributed by atoms with Crippen LogP contribution < -0.4 is 20.1 Å². The molecule has 3 N–H and O–H groups in total. The molecule has 2 heterocycles. The fraction of sp³-hybridized carbons (Fsp3) is 0.360. The van der Waals surface area contributed by atoms with Crippen molar-refractivity contribution in [3.8, 4) is 5.88 Å². The van der Waals surface area contributed by atoms with E-state index < -0.39 is 10.0 Å². The van der Waals surface area contributed by atoms with Gasteiger partial charge in [0.25, 0.3) is 0 Å². The lowest BCUT2D eigenvalue weighted by molar-refractivity contribution is 0.368. The zero-order chi connectivity index (χ0) is 24.8. The van der Waals surface area contributed by atoms with Crippen molar-refractivity contribution in [2.45, 2.75) is 25.5 Å². The number of benzene rings is 1. The molecule has 1 aromatic heterocycles. The van der Waals surface area contributed by atoms with E-state index in [-0.39, 0.29) is 5.75 Å². The number of allylic oxidation sites excluding steroid dienone is 6. The first kappa shape index (κ1) is 24.9. The number of likely N-dealkylation sites (N-methyl/N-ethyl adjacent to an activating group) is 1. The molecule has 0 spiro atoms. The standard InChI is InChI=1S/C25H32N6O3S/c1-18-13-20-15-22(28-18)7-8-23(16-20)34-24-9-10-26-25(30-24)29-21-6-4-5-19(14-21)17-35(32,33)27-11-12-31(2)3/h4-10,13-14,20,27-28H,11-12,15-17H2,1-3H3,(H,26,29,30). The van der Waals surface area contributed by atoms with E-state index in [2.05, 4.69) is 44.4 Å². The van der Waals surface area contributed by atoms with Crippen LogP contribution in [0, 0.1) is 5.92 Å². The van der Waals surface area contributed by atoms with E-state index in [1.807, 2.05) is 31.1 Å². The van der Waals surface area contributed by atoms with Gasteiger partial charge < -0.3 is 20.3 Å². The molecule has 10 heteroatoms. The van der Waals surface area contributed by atoms with E-state index >= 15 is 0 Å². The van der Waals surface area contributed by atoms with Gasteiger partial charge >= 0.3 is 0 Å². The van der Waals surface area contributed by atoms with Gasteiger partial charge in [-0.05, 0) is 63.2 Å². The van der Waals surface area contributed by atoms with E-state index in [4.69, 9.17) is 4.74 Å². The molecule has 1 unspecified atom stereocenters. The Balaban J connectivity index is 1.39. The van der Waals surface area contributed by atoms with E-state index in [1.54, 1.807) is 30.5 Å². The molecule has 35 heavy (non-hydrogen) atoms. The van der Waals surface area contributed by atoms with Crippen molar-refractivity contribution in [2.24, 2.45) is 5.92 Å². The molecular weight excluding hydrogens is 464 g/mol. The molecule has 1 aromatic carbocycles. The SMILES string of the molecule is CC1=CC2CC(=CC=C(Oc3ccnc(Nc4cccc(CS(=O)(=O)NCCN(C)C)c4)n3)C2)N1. The zero-order valence-electron chi connectivity index (χ0n) is 20.3. The number of ether oxygens (including phenoxy) is 1. The first-order chi connectivity index (χ1) is 16.7. The minimum atomic E-state index is -3.43. The van der Waals surface area contributed by atoms with Crippen LogP contribution in [0.2, 0.25) is 0 Å². The average Bonchev–Trinajstić information content (AvgIpc) is 2.90. The van der Waals surface area contributed by atoms with Gasteiger partial charge in [-0.1, -0.05) is 18.2 Å². The molecule has 0 fully saturated rings. The minimum absolute atomic E-state index is 0.104. The molecule has 0 saturated heterocycles. The van der Waals surface area contributed by atoms with E-state index in [1.165, 1.54) is 5.70 Å². The molecular formula is C25H32N6O3S. The Morgan fingerprint density at radius 2 is 2.06 bits per heavy atom. The topological polar surface area (TPSA) is 108 Å². The van der Waals surface area contributed by atoms with Gasteiger partial charge in [-0.2, -0.15) is 4.98 Å². The van der Waals surface area contributed by atoms with E-state index in [0.29, 0.717) is 42.1 Å². The quantitative estimate of drug-likeness (QED) is 0.460. The fourth-order valence-electron chi connectivity index (χ4n) is 4.03. The molecule has 2 aliphatic rings. The largest absolute Gasteiger partial charge is 0.443 e. The second kappa shape index (κ2) is 11.0. The molecule has 186 valence electrons. The maximum absolute atomic E-state index is 12.4. The van der Waals surface area contributed by atoms with Crippen molar-refractivity contribution >= 4 is 21.7 Å². The Kier molecular flexibility index (Phi) is 7.84. The third kappa shape index (κ3) is 7.64. The Bertz CT molecular complexity index is 1250. The zero-order valence-corrected chi connectivity index (χ0v) is 21.1. The highest BCUT2D eigenvalue weighted by Crippen LogP contribution is 2.30. The predicted molar refractivity (Wildman–Crippen MR) is 137 cm³/mol. The maximum Gasteiger partial charge on any atom is 0.230 e. The normalized spacial score (nSPS) is 17.6. The molecule has 2 aromatic rings. The molecule has 4 rings (SSSR count). The average molecular weight is 497 g/mol. The number of sulfonamides is 1. The summed E-state index contributed by atoms with van der Waals surface area (Å²) in [5.74, 6) is 1.95. The number of nitrogens with one attached hydrogen (secondary N) is 3. The lowest BCUT2D eigenvalue weighted by atomic mass is 9.96. The molecule has 0 amide bonds. The first-order valence-electron chi connectivity index (χ1n) is 11.6. The van der Waals surface area contributed by atoms with E-state index in [0.717, 1.165) is 24.3 Å². The number of rotatable bonds is 10. The fourth-order valence-corrected chi connectivity index (χ4v) is 5.16. The van der Waals surface area contributed by atoms with Gasteiger partial charge in [0.05, 0.1) is 5.75 Å². The van der Waals surface area contributed by atoms with Crippen LogP contribution in [-0.2, 0) is 15.8 Å². The van der Waals surface area contributed by atoms with Crippen LogP contribution in [0.4, 0.5) is 11.6 Å². The van der Waals surface area contributed by atoms with Crippen LogP contribution in [0.3, 0.4) is 0 Å². The van der Waals surface area contributed by atoms with Gasteiger partial charge in [0.1, 0.15) is 5.76 Å². The highest BCUT2D eigenvalue weighted by atomic mass is 32.2. The lowest BCUT2D eigenvalue weighted by Gasteiger charge is -2.22. The van der Waals surface area contributed by atoms with E-state index in [9.17, 15) is 8.42 Å². The smallest absolute Gasteiger partial charge is 0.230 e. The van der Waals surface area contributed by atoms with Gasteiger partial charge in [-0.25, -0.2) is 18.1 Å². The number of hydrogen-bond donors (Lipinski definition) is 3. The van der Waals surface area contributed by atoms with Crippen molar-refractivity contribution in [3.05, 3.63) is 77.5 Å². The first-order valence-corrected chi connectivity index (χ1v) is 13.2. The van der Waals surface area contributed by atoms with Crippen LogP contribution in [0.1, 0.15) is 25.3 Å². The van der Waals surface area contributed by atoms with Gasteiger partial charge in [-0.3, -0.25) is 0 Å². The monoisotopic (exact) mass is 496 g/mol. The molecule has 1 aliphatic heterocycles. The molecule has 9 nitrogen and oxygen atoms in total. The van der Waals surface area contributed by atoms with Crippen LogP contribution in [-0.4, -0.2) is 50.5 Å². The Morgan fingerprint density at radius 3 is 2.89 bits per heavy atom. The van der Waals surface area contributed by atoms with Crippen molar-refractivity contribution < 1.29 is 13.2 Å². The summed E-state index contributed by atoms with van der Waals surface area (Å²) in [4.78, 5) is 10.7. The predicted octanol–water partition coefficient (Wildman–Crippen LogP) is 3.26. The van der Waals surface area contributed by atoms with Gasteiger partial charge in [-0.15, -0.1) is 0 Å². The number of anilines is 2. The van der Waals surface area contributed by atoms with Crippen LogP contribution >= 0.6 is 0 Å². The van der Waals surface area contributed by atoms with Crippen molar-refractivity contribution in [2.75, 3.05) is 32.5 Å². The van der Waals surface area contributed by atoms with Gasteiger partial charge in [0, 0.05) is 48.9 Å². The Hall–Kier alpha value is -3.21. The second-order valence-electron chi connectivity index (χ2n) is 9.07. The molecule has 1 aliphatic carbocycles. The van der Waals surface area contributed by atoms with Crippen LogP contribution in [0.25, 0.3) is 0 Å². The third-order valence-electron chi connectivity index (χ3n) is 5.55. The summed E-state index contributed by atoms with van der Waals surface area (Å²) in [6.45, 7) is 3.08. The van der Waals surface area contributed by atoms with Crippen molar-refractivity contribution in [1.82, 2.24) is 24.9 Å². The number of hydrogen-bond acceptors (Lipinski definition) is 8. The summed E-state index contributed by atoms with van der Waals surface area (Å²) in [7, 11) is 0.369. The number of nitrogens with zero attached hydrogens (tertiary/aromatic N) is 3. The van der Waals surface area contributed by atoms with Gasteiger partial charge in [0.2, 0.25) is 21.9 Å². The number of aromatic nitrogens is 2. The summed E-state index contributed by atoms with van der Waals surface area (Å²) in [5, 5.41) is 6.53. The lowest BCUT2D eigenvalue weighted by Crippen LogP contribution is -2.32. The summed E-state index contributed by atoms with van der Waals surface area (Å²) in [5.41, 5.74) is 3.71. The molecule has 0 radical (unpaired) electrons. The molecule has 0 saturated carbocycles. The van der Waals surface area contributed by atoms with Crippen LogP contribution in [0.5, 0.6) is 5.88 Å². The van der Waals surface area contributed by atoms with Crippen molar-refractivity contribution in [3.63, 3.8) is 0 Å². The Labute approximate surface area is 207 Å². The molecule has 1 atom stereocenters. The molecule has 2 bridgehead atoms. The third-order valence-corrected chi connectivity index (χ3v) is 6.90. The van der Waals surface area contributed by atoms with Crippen molar-refractivity contribution in [1.29, 1.82) is 0 Å². The van der Waals surface area contributed by atoms with Crippen LogP contribution in [0.15, 0.2) is 71.9 Å². The maximum atomic E-state index is 12.4. The highest BCUT2D eigenvalue weighted by molar-refractivity contribution is 7.88. The minimum Gasteiger partial charge on any atom is -0.443 e. The highest BCUT2D eigenvalue weighted by Gasteiger charge is 2.20. The summed E-state index contributed by atoms with van der Waals surface area (Å²) in [6, 6.07) is 8.93. The summed E-state index contributed by atoms with van der Waals surface area (Å²) in [6.07, 6.45) is 9.67. The summed E-state index contributed by atoms with van der Waals surface area (Å²) < 4.78 is 33.5. The summed E-state index contributed by atoms with van der Waals surface area (Å²) >= 11 is 0. The number of fused-ring (bicyclic) bond motifs is 2.